The van der Waals surface area contributed by atoms with Crippen molar-refractivity contribution in [2.24, 2.45) is 0 Å². The SMILES string of the molecule is CC[C@@H](C)NC(=O)CCNS(=O)(=O)c1ccccc1F. The summed E-state index contributed by atoms with van der Waals surface area (Å²) < 4.78 is 39.3. The van der Waals surface area contributed by atoms with Crippen LogP contribution in [-0.4, -0.2) is 26.9 Å². The summed E-state index contributed by atoms with van der Waals surface area (Å²) in [4.78, 5) is 11.1. The Morgan fingerprint density at radius 3 is 2.60 bits per heavy atom. The summed E-state index contributed by atoms with van der Waals surface area (Å²) in [6.07, 6.45) is 0.810. The van der Waals surface area contributed by atoms with Crippen molar-refractivity contribution in [1.82, 2.24) is 10.0 Å². The highest BCUT2D eigenvalue weighted by Crippen LogP contribution is 2.12. The number of halogens is 1. The first-order chi connectivity index (χ1) is 9.36. The number of nitrogens with one attached hydrogen (secondary N) is 2. The Kier molecular flexibility index (Phi) is 6.09. The first kappa shape index (κ1) is 16.6. The second kappa shape index (κ2) is 7.35. The van der Waals surface area contributed by atoms with Gasteiger partial charge in [0.1, 0.15) is 10.7 Å². The van der Waals surface area contributed by atoms with Gasteiger partial charge >= 0.3 is 0 Å². The molecule has 0 aliphatic rings. The maximum absolute atomic E-state index is 13.4. The first-order valence-electron chi connectivity index (χ1n) is 6.40. The molecule has 0 aromatic heterocycles. The number of amides is 1. The lowest BCUT2D eigenvalue weighted by Gasteiger charge is -2.11. The Morgan fingerprint density at radius 2 is 2.00 bits per heavy atom. The van der Waals surface area contributed by atoms with Crippen molar-refractivity contribution >= 4 is 15.9 Å². The molecule has 0 radical (unpaired) electrons. The number of hydrogen-bond acceptors (Lipinski definition) is 3. The summed E-state index contributed by atoms with van der Waals surface area (Å²) in [6, 6.07) is 5.15. The predicted molar refractivity (Wildman–Crippen MR) is 74.1 cm³/mol. The molecular weight excluding hydrogens is 283 g/mol. The van der Waals surface area contributed by atoms with Gasteiger partial charge in [0.05, 0.1) is 0 Å². The molecule has 1 aromatic carbocycles. The highest BCUT2D eigenvalue weighted by molar-refractivity contribution is 7.89. The van der Waals surface area contributed by atoms with Crippen LogP contribution >= 0.6 is 0 Å². The minimum atomic E-state index is -3.93. The van der Waals surface area contributed by atoms with Gasteiger partial charge in [-0.25, -0.2) is 17.5 Å². The summed E-state index contributed by atoms with van der Waals surface area (Å²) in [5.74, 6) is -1.06. The predicted octanol–water partition coefficient (Wildman–Crippen LogP) is 1.41. The molecular formula is C13H19FN2O3S. The molecule has 0 saturated heterocycles. The molecule has 0 aliphatic heterocycles. The minimum Gasteiger partial charge on any atom is -0.354 e. The van der Waals surface area contributed by atoms with E-state index in [2.05, 4.69) is 10.0 Å². The fraction of sp³-hybridized carbons (Fsp3) is 0.462. The zero-order valence-corrected chi connectivity index (χ0v) is 12.3. The minimum absolute atomic E-state index is 0.0119. The van der Waals surface area contributed by atoms with Crippen molar-refractivity contribution in [3.63, 3.8) is 0 Å². The fourth-order valence-corrected chi connectivity index (χ4v) is 2.60. The van der Waals surface area contributed by atoms with Crippen molar-refractivity contribution in [2.45, 2.75) is 37.6 Å². The van der Waals surface area contributed by atoms with E-state index >= 15 is 0 Å². The molecule has 7 heteroatoms. The standard InChI is InChI=1S/C13H19FN2O3S/c1-3-10(2)16-13(17)8-9-15-20(18,19)12-7-5-4-6-11(12)14/h4-7,10,15H,3,8-9H2,1-2H3,(H,16,17)/t10-/m1/s1. The number of carbonyl (C=O) groups is 1. The van der Waals surface area contributed by atoms with E-state index in [0.29, 0.717) is 0 Å². The molecule has 0 heterocycles. The summed E-state index contributed by atoms with van der Waals surface area (Å²) in [5.41, 5.74) is 0. The van der Waals surface area contributed by atoms with Gasteiger partial charge < -0.3 is 5.32 Å². The van der Waals surface area contributed by atoms with Crippen molar-refractivity contribution in [3.8, 4) is 0 Å². The molecule has 2 N–H and O–H groups in total. The van der Waals surface area contributed by atoms with Gasteiger partial charge in [0.2, 0.25) is 15.9 Å². The lowest BCUT2D eigenvalue weighted by atomic mass is 10.2. The van der Waals surface area contributed by atoms with Crippen LogP contribution in [0.1, 0.15) is 26.7 Å². The Bertz CT molecular complexity index is 560. The topological polar surface area (TPSA) is 75.3 Å². The van der Waals surface area contributed by atoms with Crippen LogP contribution in [0.5, 0.6) is 0 Å². The van der Waals surface area contributed by atoms with E-state index in [1.165, 1.54) is 18.2 Å². The highest BCUT2D eigenvalue weighted by atomic mass is 32.2. The van der Waals surface area contributed by atoms with E-state index in [-0.39, 0.29) is 24.9 Å². The zero-order chi connectivity index (χ0) is 15.2. The van der Waals surface area contributed by atoms with Crippen LogP contribution in [0.25, 0.3) is 0 Å². The van der Waals surface area contributed by atoms with E-state index < -0.39 is 20.7 Å². The Morgan fingerprint density at radius 1 is 1.35 bits per heavy atom. The summed E-state index contributed by atoms with van der Waals surface area (Å²) in [7, 11) is -3.93. The fourth-order valence-electron chi connectivity index (χ4n) is 1.49. The van der Waals surface area contributed by atoms with E-state index in [0.717, 1.165) is 12.5 Å². The average molecular weight is 302 g/mol. The van der Waals surface area contributed by atoms with Crippen LogP contribution in [-0.2, 0) is 14.8 Å². The monoisotopic (exact) mass is 302 g/mol. The third-order valence-corrected chi connectivity index (χ3v) is 4.28. The second-order valence-electron chi connectivity index (χ2n) is 4.46. The molecule has 1 aromatic rings. The van der Waals surface area contributed by atoms with Crippen LogP contribution in [0.15, 0.2) is 29.2 Å². The van der Waals surface area contributed by atoms with E-state index in [4.69, 9.17) is 0 Å². The highest BCUT2D eigenvalue weighted by Gasteiger charge is 2.18. The van der Waals surface area contributed by atoms with Gasteiger partial charge in [0, 0.05) is 19.0 Å². The van der Waals surface area contributed by atoms with Gasteiger partial charge in [-0.1, -0.05) is 19.1 Å². The molecule has 1 atom stereocenters. The van der Waals surface area contributed by atoms with E-state index in [9.17, 15) is 17.6 Å². The lowest BCUT2D eigenvalue weighted by Crippen LogP contribution is -2.35. The van der Waals surface area contributed by atoms with Crippen LogP contribution in [0, 0.1) is 5.82 Å². The molecule has 0 aliphatic carbocycles. The molecule has 1 rings (SSSR count). The first-order valence-corrected chi connectivity index (χ1v) is 7.88. The molecule has 0 unspecified atom stereocenters. The number of sulfonamides is 1. The van der Waals surface area contributed by atoms with Gasteiger partial charge in [-0.2, -0.15) is 0 Å². The molecule has 20 heavy (non-hydrogen) atoms. The summed E-state index contributed by atoms with van der Waals surface area (Å²) in [5, 5.41) is 2.72. The van der Waals surface area contributed by atoms with Crippen molar-refractivity contribution in [1.29, 1.82) is 0 Å². The average Bonchev–Trinajstić information content (AvgIpc) is 2.38. The number of rotatable bonds is 7. The van der Waals surface area contributed by atoms with Gasteiger partial charge in [-0.15, -0.1) is 0 Å². The normalized spacial score (nSPS) is 12.9. The number of carbonyl (C=O) groups excluding carboxylic acids is 1. The second-order valence-corrected chi connectivity index (χ2v) is 6.19. The molecule has 0 bridgehead atoms. The van der Waals surface area contributed by atoms with E-state index in [1.807, 2.05) is 13.8 Å². The van der Waals surface area contributed by atoms with Crippen LogP contribution in [0.3, 0.4) is 0 Å². The number of benzene rings is 1. The maximum Gasteiger partial charge on any atom is 0.243 e. The van der Waals surface area contributed by atoms with Gasteiger partial charge in [-0.05, 0) is 25.5 Å². The van der Waals surface area contributed by atoms with Gasteiger partial charge in [0.15, 0.2) is 0 Å². The molecule has 112 valence electrons. The zero-order valence-electron chi connectivity index (χ0n) is 11.5. The van der Waals surface area contributed by atoms with Crippen molar-refractivity contribution in [2.75, 3.05) is 6.54 Å². The molecule has 5 nitrogen and oxygen atoms in total. The summed E-state index contributed by atoms with van der Waals surface area (Å²) >= 11 is 0. The van der Waals surface area contributed by atoms with E-state index in [1.54, 1.807) is 0 Å². The van der Waals surface area contributed by atoms with Gasteiger partial charge in [0.25, 0.3) is 0 Å². The Balaban J connectivity index is 2.53. The van der Waals surface area contributed by atoms with Crippen LogP contribution in [0.4, 0.5) is 4.39 Å². The number of hydrogen-bond donors (Lipinski definition) is 2. The van der Waals surface area contributed by atoms with Crippen LogP contribution in [0.2, 0.25) is 0 Å². The Hall–Kier alpha value is -1.47. The Labute approximate surface area is 118 Å². The quantitative estimate of drug-likeness (QED) is 0.799. The van der Waals surface area contributed by atoms with Crippen molar-refractivity contribution < 1.29 is 17.6 Å². The molecule has 0 fully saturated rings. The van der Waals surface area contributed by atoms with Crippen LogP contribution < -0.4 is 10.0 Å². The summed E-state index contributed by atoms with van der Waals surface area (Å²) in [6.45, 7) is 3.73. The third-order valence-electron chi connectivity index (χ3n) is 2.79. The third kappa shape index (κ3) is 4.90. The molecule has 0 saturated carbocycles. The molecule has 0 spiro atoms. The van der Waals surface area contributed by atoms with Crippen molar-refractivity contribution in [3.05, 3.63) is 30.1 Å². The smallest absolute Gasteiger partial charge is 0.243 e. The van der Waals surface area contributed by atoms with Gasteiger partial charge in [-0.3, -0.25) is 4.79 Å². The lowest BCUT2D eigenvalue weighted by molar-refractivity contribution is -0.121. The molecule has 1 amide bonds. The maximum atomic E-state index is 13.4. The largest absolute Gasteiger partial charge is 0.354 e.